The third kappa shape index (κ3) is 2.46. The van der Waals surface area contributed by atoms with E-state index in [1.165, 1.54) is 0 Å². The summed E-state index contributed by atoms with van der Waals surface area (Å²) in [5.41, 5.74) is 1.98. The maximum absolute atomic E-state index is 5.57. The van der Waals surface area contributed by atoms with Crippen molar-refractivity contribution in [1.29, 1.82) is 0 Å². The molecule has 3 rings (SSSR count). The highest BCUT2D eigenvalue weighted by molar-refractivity contribution is 5.62. The van der Waals surface area contributed by atoms with Crippen LogP contribution in [-0.2, 0) is 0 Å². The Bertz CT molecular complexity index is 573. The van der Waals surface area contributed by atoms with Crippen LogP contribution in [0, 0.1) is 13.8 Å². The Kier molecular flexibility index (Phi) is 3.21. The van der Waals surface area contributed by atoms with Gasteiger partial charge in [0.25, 0.3) is 0 Å². The second-order valence-corrected chi connectivity index (χ2v) is 4.81. The first-order valence-corrected chi connectivity index (χ1v) is 6.60. The van der Waals surface area contributed by atoms with Crippen molar-refractivity contribution < 1.29 is 4.42 Å². The molecule has 1 saturated heterocycles. The fourth-order valence-corrected chi connectivity index (χ4v) is 2.40. The maximum atomic E-state index is 5.57. The molecule has 19 heavy (non-hydrogen) atoms. The molecule has 5 heteroatoms. The lowest BCUT2D eigenvalue weighted by Gasteiger charge is -2.27. The van der Waals surface area contributed by atoms with Crippen LogP contribution in [-0.4, -0.2) is 36.1 Å². The molecule has 2 aromatic heterocycles. The number of nitrogens with zero attached hydrogens (tertiary/aromatic N) is 3. The fourth-order valence-electron chi connectivity index (χ4n) is 2.40. The molecule has 0 spiro atoms. The number of rotatable bonds is 2. The second-order valence-electron chi connectivity index (χ2n) is 4.81. The van der Waals surface area contributed by atoms with Gasteiger partial charge in [0, 0.05) is 37.9 Å². The molecular formula is C14H18N4O. The van der Waals surface area contributed by atoms with E-state index in [0.29, 0.717) is 0 Å². The number of nitrogens with one attached hydrogen (secondary N) is 1. The largest absolute Gasteiger partial charge is 0.466 e. The van der Waals surface area contributed by atoms with E-state index in [2.05, 4.69) is 20.2 Å². The first-order chi connectivity index (χ1) is 9.24. The minimum atomic E-state index is 0.803. The Morgan fingerprint density at radius 2 is 2.05 bits per heavy atom. The van der Waals surface area contributed by atoms with Gasteiger partial charge in [-0.15, -0.1) is 0 Å². The lowest BCUT2D eigenvalue weighted by Crippen LogP contribution is -2.44. The van der Waals surface area contributed by atoms with Gasteiger partial charge in [0.05, 0.1) is 5.69 Å². The molecule has 1 fully saturated rings. The number of anilines is 1. The van der Waals surface area contributed by atoms with E-state index >= 15 is 0 Å². The lowest BCUT2D eigenvalue weighted by molar-refractivity contribution is 0.505. The SMILES string of the molecule is Cc1cc(-c2ccnc(N3CCNCC3)n2)c(C)o1. The average molecular weight is 258 g/mol. The molecule has 3 heterocycles. The molecule has 1 N–H and O–H groups in total. The van der Waals surface area contributed by atoms with E-state index in [0.717, 1.165) is 54.9 Å². The Labute approximate surface area is 112 Å². The first kappa shape index (κ1) is 12.2. The van der Waals surface area contributed by atoms with Gasteiger partial charge < -0.3 is 14.6 Å². The first-order valence-electron chi connectivity index (χ1n) is 6.60. The average Bonchev–Trinajstić information content (AvgIpc) is 2.79. The molecule has 0 atom stereocenters. The summed E-state index contributed by atoms with van der Waals surface area (Å²) in [5.74, 6) is 2.62. The summed E-state index contributed by atoms with van der Waals surface area (Å²) in [6.07, 6.45) is 1.82. The third-order valence-electron chi connectivity index (χ3n) is 3.36. The summed E-state index contributed by atoms with van der Waals surface area (Å²) in [6, 6.07) is 3.96. The number of piperazine rings is 1. The van der Waals surface area contributed by atoms with E-state index in [1.807, 2.05) is 32.2 Å². The normalized spacial score (nSPS) is 15.8. The Balaban J connectivity index is 1.93. The molecule has 0 aromatic carbocycles. The molecule has 2 aromatic rings. The predicted molar refractivity (Wildman–Crippen MR) is 74.3 cm³/mol. The number of hydrogen-bond donors (Lipinski definition) is 1. The minimum Gasteiger partial charge on any atom is -0.466 e. The van der Waals surface area contributed by atoms with Crippen LogP contribution < -0.4 is 10.2 Å². The highest BCUT2D eigenvalue weighted by Crippen LogP contribution is 2.25. The molecule has 1 aliphatic heterocycles. The number of aryl methyl sites for hydroxylation is 2. The van der Waals surface area contributed by atoms with E-state index in [-0.39, 0.29) is 0 Å². The van der Waals surface area contributed by atoms with Crippen molar-refractivity contribution in [2.24, 2.45) is 0 Å². The van der Waals surface area contributed by atoms with Crippen molar-refractivity contribution in [3.8, 4) is 11.3 Å². The molecule has 0 aliphatic carbocycles. The molecular weight excluding hydrogens is 240 g/mol. The fraction of sp³-hybridized carbons (Fsp3) is 0.429. The minimum absolute atomic E-state index is 0.803. The molecule has 0 radical (unpaired) electrons. The molecule has 100 valence electrons. The van der Waals surface area contributed by atoms with E-state index in [4.69, 9.17) is 4.42 Å². The highest BCUT2D eigenvalue weighted by Gasteiger charge is 2.15. The van der Waals surface area contributed by atoms with Crippen LogP contribution in [0.15, 0.2) is 22.7 Å². The zero-order chi connectivity index (χ0) is 13.2. The van der Waals surface area contributed by atoms with Gasteiger partial charge in [0.2, 0.25) is 5.95 Å². The molecule has 0 unspecified atom stereocenters. The van der Waals surface area contributed by atoms with E-state index in [1.54, 1.807) is 0 Å². The molecule has 5 nitrogen and oxygen atoms in total. The maximum Gasteiger partial charge on any atom is 0.225 e. The highest BCUT2D eigenvalue weighted by atomic mass is 16.3. The van der Waals surface area contributed by atoms with E-state index in [9.17, 15) is 0 Å². The van der Waals surface area contributed by atoms with Crippen molar-refractivity contribution in [3.63, 3.8) is 0 Å². The van der Waals surface area contributed by atoms with Crippen molar-refractivity contribution in [2.75, 3.05) is 31.1 Å². The summed E-state index contributed by atoms with van der Waals surface area (Å²) in [4.78, 5) is 11.3. The molecule has 1 aliphatic rings. The van der Waals surface area contributed by atoms with Crippen LogP contribution in [0.1, 0.15) is 11.5 Å². The van der Waals surface area contributed by atoms with Crippen molar-refractivity contribution in [2.45, 2.75) is 13.8 Å². The molecule has 0 saturated carbocycles. The standard InChI is InChI=1S/C14H18N4O/c1-10-9-12(11(2)19-10)13-3-4-16-14(17-13)18-7-5-15-6-8-18/h3-4,9,15H,5-8H2,1-2H3. The quantitative estimate of drug-likeness (QED) is 0.889. The van der Waals surface area contributed by atoms with Crippen molar-refractivity contribution in [3.05, 3.63) is 29.9 Å². The Morgan fingerprint density at radius 1 is 1.26 bits per heavy atom. The van der Waals surface area contributed by atoms with Crippen LogP contribution in [0.4, 0.5) is 5.95 Å². The summed E-state index contributed by atoms with van der Waals surface area (Å²) in [5, 5.41) is 3.33. The summed E-state index contributed by atoms with van der Waals surface area (Å²) in [7, 11) is 0. The smallest absolute Gasteiger partial charge is 0.225 e. The van der Waals surface area contributed by atoms with Crippen LogP contribution in [0.25, 0.3) is 11.3 Å². The monoisotopic (exact) mass is 258 g/mol. The van der Waals surface area contributed by atoms with Gasteiger partial charge >= 0.3 is 0 Å². The topological polar surface area (TPSA) is 54.2 Å². The van der Waals surface area contributed by atoms with Gasteiger partial charge in [0.15, 0.2) is 0 Å². The van der Waals surface area contributed by atoms with Crippen molar-refractivity contribution in [1.82, 2.24) is 15.3 Å². The number of furan rings is 1. The lowest BCUT2D eigenvalue weighted by atomic mass is 10.2. The zero-order valence-corrected chi connectivity index (χ0v) is 11.3. The van der Waals surface area contributed by atoms with Gasteiger partial charge in [-0.25, -0.2) is 9.97 Å². The Morgan fingerprint density at radius 3 is 2.74 bits per heavy atom. The van der Waals surface area contributed by atoms with Gasteiger partial charge in [0.1, 0.15) is 11.5 Å². The van der Waals surface area contributed by atoms with E-state index < -0.39 is 0 Å². The molecule has 0 amide bonds. The summed E-state index contributed by atoms with van der Waals surface area (Å²) >= 11 is 0. The third-order valence-corrected chi connectivity index (χ3v) is 3.36. The number of hydrogen-bond acceptors (Lipinski definition) is 5. The van der Waals surface area contributed by atoms with Crippen LogP contribution in [0.2, 0.25) is 0 Å². The van der Waals surface area contributed by atoms with Gasteiger partial charge in [-0.05, 0) is 26.0 Å². The summed E-state index contributed by atoms with van der Waals surface area (Å²) < 4.78 is 5.57. The van der Waals surface area contributed by atoms with Crippen LogP contribution in [0.5, 0.6) is 0 Å². The second kappa shape index (κ2) is 5.01. The predicted octanol–water partition coefficient (Wildman–Crippen LogP) is 1.76. The van der Waals surface area contributed by atoms with Gasteiger partial charge in [-0.2, -0.15) is 0 Å². The Hall–Kier alpha value is -1.88. The van der Waals surface area contributed by atoms with Crippen LogP contribution in [0.3, 0.4) is 0 Å². The number of aromatic nitrogens is 2. The molecule has 0 bridgehead atoms. The van der Waals surface area contributed by atoms with Crippen LogP contribution >= 0.6 is 0 Å². The van der Waals surface area contributed by atoms with Crippen molar-refractivity contribution >= 4 is 5.95 Å². The summed E-state index contributed by atoms with van der Waals surface area (Å²) in [6.45, 7) is 7.79. The van der Waals surface area contributed by atoms with Gasteiger partial charge in [-0.3, -0.25) is 0 Å². The zero-order valence-electron chi connectivity index (χ0n) is 11.3. The van der Waals surface area contributed by atoms with Gasteiger partial charge in [-0.1, -0.05) is 0 Å².